The average molecular weight is 399 g/mol. The van der Waals surface area contributed by atoms with Crippen molar-refractivity contribution in [2.45, 2.75) is 161 Å². The topological polar surface area (TPSA) is 38.7 Å². The van der Waals surface area contributed by atoms with Gasteiger partial charge in [-0.05, 0) is 27.2 Å². The quantitative estimate of drug-likeness (QED) is 0.242. The highest BCUT2D eigenvalue weighted by Crippen LogP contribution is 2.31. The second kappa shape index (κ2) is 15.7. The van der Waals surface area contributed by atoms with Crippen LogP contribution in [0, 0.1) is 0 Å². The zero-order valence-electron chi connectivity index (χ0n) is 19.5. The molecule has 28 heavy (non-hydrogen) atoms. The van der Waals surface area contributed by atoms with Gasteiger partial charge in [0.15, 0.2) is 5.79 Å². The van der Waals surface area contributed by atoms with Gasteiger partial charge in [0.1, 0.15) is 6.10 Å². The zero-order chi connectivity index (χ0) is 20.7. The van der Waals surface area contributed by atoms with Gasteiger partial charge in [-0.25, -0.2) is 0 Å². The van der Waals surface area contributed by atoms with Crippen LogP contribution in [-0.4, -0.2) is 29.2 Å². The Balaban J connectivity index is 1.81. The van der Waals surface area contributed by atoms with E-state index < -0.39 is 11.9 Å². The van der Waals surface area contributed by atoms with E-state index in [1.54, 1.807) is 0 Å². The maximum atomic E-state index is 10.4. The lowest BCUT2D eigenvalue weighted by Gasteiger charge is -2.21. The smallest absolute Gasteiger partial charge is 0.163 e. The van der Waals surface area contributed by atoms with Gasteiger partial charge in [-0.15, -0.1) is 0 Å². The molecule has 1 N–H and O–H groups in total. The molecule has 3 nitrogen and oxygen atoms in total. The van der Waals surface area contributed by atoms with Crippen molar-refractivity contribution in [3.8, 4) is 0 Å². The number of unbranched alkanes of at least 4 members (excludes halogenated alkanes) is 15. The van der Waals surface area contributed by atoms with Crippen LogP contribution in [0.25, 0.3) is 0 Å². The highest BCUT2D eigenvalue weighted by atomic mass is 16.8. The van der Waals surface area contributed by atoms with Gasteiger partial charge in [-0.1, -0.05) is 110 Å². The van der Waals surface area contributed by atoms with Crippen molar-refractivity contribution in [3.63, 3.8) is 0 Å². The first-order valence-electron chi connectivity index (χ1n) is 12.5. The van der Waals surface area contributed by atoms with Crippen molar-refractivity contribution in [2.75, 3.05) is 0 Å². The minimum absolute atomic E-state index is 0.0222. The maximum Gasteiger partial charge on any atom is 0.163 e. The number of rotatable bonds is 18. The van der Waals surface area contributed by atoms with E-state index in [1.807, 2.05) is 20.8 Å². The second-order valence-corrected chi connectivity index (χ2v) is 9.46. The van der Waals surface area contributed by atoms with Crippen LogP contribution in [0.1, 0.15) is 137 Å². The normalized spacial score (nSPS) is 22.6. The molecule has 0 aromatic heterocycles. The van der Waals surface area contributed by atoms with Gasteiger partial charge < -0.3 is 14.6 Å². The van der Waals surface area contributed by atoms with Crippen molar-refractivity contribution in [1.29, 1.82) is 0 Å². The Labute approximate surface area is 176 Å². The fourth-order valence-corrected chi connectivity index (χ4v) is 4.42. The predicted octanol–water partition coefficient (Wildman–Crippen LogP) is 7.54. The van der Waals surface area contributed by atoms with E-state index >= 15 is 0 Å². The molecule has 0 aromatic carbocycles. The molecule has 0 aromatic rings. The van der Waals surface area contributed by atoms with Crippen LogP contribution in [0.15, 0.2) is 0 Å². The van der Waals surface area contributed by atoms with Gasteiger partial charge in [0.2, 0.25) is 0 Å². The highest BCUT2D eigenvalue weighted by molar-refractivity contribution is 4.83. The summed E-state index contributed by atoms with van der Waals surface area (Å²) in [5.74, 6) is -0.556. The van der Waals surface area contributed by atoms with Crippen molar-refractivity contribution in [2.24, 2.45) is 0 Å². The molecule has 1 aliphatic rings. The van der Waals surface area contributed by atoms with Crippen molar-refractivity contribution in [3.05, 3.63) is 0 Å². The van der Waals surface area contributed by atoms with Crippen LogP contribution in [0.3, 0.4) is 0 Å². The number of ether oxygens (including phenoxy) is 2. The Morgan fingerprint density at radius 1 is 0.679 bits per heavy atom. The van der Waals surface area contributed by atoms with Crippen molar-refractivity contribution in [1.82, 2.24) is 0 Å². The lowest BCUT2D eigenvalue weighted by Crippen LogP contribution is -2.34. The fourth-order valence-electron chi connectivity index (χ4n) is 4.42. The third-order valence-corrected chi connectivity index (χ3v) is 6.08. The molecule has 0 aliphatic carbocycles. The Morgan fingerprint density at radius 2 is 1.07 bits per heavy atom. The molecule has 3 heteroatoms. The van der Waals surface area contributed by atoms with Gasteiger partial charge in [-0.2, -0.15) is 0 Å². The van der Waals surface area contributed by atoms with Gasteiger partial charge in [0.25, 0.3) is 0 Å². The molecule has 0 saturated carbocycles. The molecule has 3 atom stereocenters. The Morgan fingerprint density at radius 3 is 1.43 bits per heavy atom. The zero-order valence-corrected chi connectivity index (χ0v) is 19.5. The first-order chi connectivity index (χ1) is 13.5. The van der Waals surface area contributed by atoms with E-state index in [9.17, 15) is 5.11 Å². The van der Waals surface area contributed by atoms with Crippen LogP contribution in [0.2, 0.25) is 0 Å². The third-order valence-electron chi connectivity index (χ3n) is 6.08. The molecule has 1 fully saturated rings. The van der Waals surface area contributed by atoms with Gasteiger partial charge in [-0.3, -0.25) is 0 Å². The molecule has 0 radical (unpaired) electrons. The standard InChI is InChI=1S/C25H50O3/c1-5-6-7-8-9-10-11-12-13-14-15-16-17-18-19-20-21-23(26)24-22(2)27-25(3,4)28-24/h22-24,26H,5-21H2,1-4H3/t22?,23-,24?/m1/s1. The SMILES string of the molecule is CCCCCCCCCCCCCCCCCC[C@@H](O)C1OC(C)(C)OC1C. The summed E-state index contributed by atoms with van der Waals surface area (Å²) in [6, 6.07) is 0. The molecular formula is C25H50O3. The summed E-state index contributed by atoms with van der Waals surface area (Å²) < 4.78 is 11.6. The highest BCUT2D eigenvalue weighted by Gasteiger charge is 2.41. The lowest BCUT2D eigenvalue weighted by molar-refractivity contribution is -0.154. The Kier molecular flexibility index (Phi) is 14.5. The number of aliphatic hydroxyl groups is 1. The summed E-state index contributed by atoms with van der Waals surface area (Å²) >= 11 is 0. The Hall–Kier alpha value is -0.120. The summed E-state index contributed by atoms with van der Waals surface area (Å²) in [5.41, 5.74) is 0. The van der Waals surface area contributed by atoms with Crippen LogP contribution in [-0.2, 0) is 9.47 Å². The van der Waals surface area contributed by atoms with Gasteiger partial charge in [0.05, 0.1) is 12.2 Å². The van der Waals surface area contributed by atoms with Crippen LogP contribution in [0.4, 0.5) is 0 Å². The van der Waals surface area contributed by atoms with Crippen molar-refractivity contribution < 1.29 is 14.6 Å². The maximum absolute atomic E-state index is 10.4. The number of hydrogen-bond donors (Lipinski definition) is 1. The molecule has 168 valence electrons. The molecular weight excluding hydrogens is 348 g/mol. The molecule has 1 heterocycles. The summed E-state index contributed by atoms with van der Waals surface area (Å²) in [4.78, 5) is 0. The molecule has 1 rings (SSSR count). The van der Waals surface area contributed by atoms with Crippen LogP contribution >= 0.6 is 0 Å². The molecule has 0 bridgehead atoms. The molecule has 1 saturated heterocycles. The number of hydrogen-bond acceptors (Lipinski definition) is 3. The lowest BCUT2D eigenvalue weighted by atomic mass is 10.0. The molecule has 0 amide bonds. The van der Waals surface area contributed by atoms with E-state index in [4.69, 9.17) is 9.47 Å². The first kappa shape index (κ1) is 25.9. The number of aliphatic hydroxyl groups excluding tert-OH is 1. The minimum atomic E-state index is -0.556. The first-order valence-corrected chi connectivity index (χ1v) is 12.5. The van der Waals surface area contributed by atoms with Gasteiger partial charge in [0, 0.05) is 0 Å². The molecule has 1 aliphatic heterocycles. The largest absolute Gasteiger partial charge is 0.390 e. The third kappa shape index (κ3) is 12.4. The van der Waals surface area contributed by atoms with E-state index in [2.05, 4.69) is 6.92 Å². The van der Waals surface area contributed by atoms with Crippen molar-refractivity contribution >= 4 is 0 Å². The summed E-state index contributed by atoms with van der Waals surface area (Å²) in [6.45, 7) is 8.12. The fraction of sp³-hybridized carbons (Fsp3) is 1.00. The van der Waals surface area contributed by atoms with E-state index in [0.717, 1.165) is 12.8 Å². The minimum Gasteiger partial charge on any atom is -0.390 e. The summed E-state index contributed by atoms with van der Waals surface area (Å²) in [5, 5.41) is 10.4. The van der Waals surface area contributed by atoms with E-state index in [-0.39, 0.29) is 12.2 Å². The monoisotopic (exact) mass is 398 g/mol. The molecule has 2 unspecified atom stereocenters. The Bertz CT molecular complexity index is 356. The van der Waals surface area contributed by atoms with Gasteiger partial charge >= 0.3 is 0 Å². The summed E-state index contributed by atoms with van der Waals surface area (Å²) in [7, 11) is 0. The molecule has 0 spiro atoms. The summed E-state index contributed by atoms with van der Waals surface area (Å²) in [6.07, 6.45) is 22.3. The van der Waals surface area contributed by atoms with Crippen LogP contribution in [0.5, 0.6) is 0 Å². The second-order valence-electron chi connectivity index (χ2n) is 9.46. The predicted molar refractivity (Wildman–Crippen MR) is 120 cm³/mol. The van der Waals surface area contributed by atoms with E-state index in [0.29, 0.717) is 0 Å². The average Bonchev–Trinajstić information content (AvgIpc) is 2.93. The van der Waals surface area contributed by atoms with Crippen LogP contribution < -0.4 is 0 Å². The van der Waals surface area contributed by atoms with E-state index in [1.165, 1.54) is 96.3 Å².